The van der Waals surface area contributed by atoms with Crippen LogP contribution < -0.4 is 4.74 Å². The second-order valence-electron chi connectivity index (χ2n) is 11.8. The predicted molar refractivity (Wildman–Crippen MR) is 164 cm³/mol. The van der Waals surface area contributed by atoms with Crippen LogP contribution >= 0.6 is 11.7 Å². The highest BCUT2D eigenvalue weighted by Crippen LogP contribution is 2.31. The summed E-state index contributed by atoms with van der Waals surface area (Å²) in [6.07, 6.45) is 25.2. The van der Waals surface area contributed by atoms with Crippen LogP contribution in [0.15, 0.2) is 6.08 Å². The van der Waals surface area contributed by atoms with Crippen LogP contribution in [-0.2, 0) is 9.53 Å². The summed E-state index contributed by atoms with van der Waals surface area (Å²) in [6, 6.07) is 0. The highest BCUT2D eigenvalue weighted by Gasteiger charge is 2.36. The highest BCUT2D eigenvalue weighted by molar-refractivity contribution is 6.99. The normalized spacial score (nSPS) is 18.1. The van der Waals surface area contributed by atoms with Crippen LogP contribution in [0, 0.1) is 0 Å². The zero-order chi connectivity index (χ0) is 28.2. The molecule has 7 heteroatoms. The summed E-state index contributed by atoms with van der Waals surface area (Å²) in [5, 5.41) is 0. The number of hydrogen-bond acceptors (Lipinski definition) is 6. The molecule has 6 nitrogen and oxygen atoms in total. The molecule has 0 fully saturated rings. The number of aromatic nitrogens is 2. The number of esters is 1. The SMILES string of the molecule is CCCCCCCCCCCCCCCC(=O)OC(C)[N+]1(C)CCC=C(c2nsnc2OCCCCCC)C1. The van der Waals surface area contributed by atoms with Gasteiger partial charge in [-0.15, -0.1) is 4.37 Å². The molecule has 0 aromatic carbocycles. The van der Waals surface area contributed by atoms with E-state index in [2.05, 4.69) is 35.7 Å². The van der Waals surface area contributed by atoms with E-state index in [-0.39, 0.29) is 12.2 Å². The number of quaternary nitrogens is 1. The molecule has 2 heterocycles. The highest BCUT2D eigenvalue weighted by atomic mass is 32.1. The predicted octanol–water partition coefficient (Wildman–Crippen LogP) is 9.10. The third kappa shape index (κ3) is 13.6. The molecule has 0 aliphatic carbocycles. The summed E-state index contributed by atoms with van der Waals surface area (Å²) in [7, 11) is 2.18. The van der Waals surface area contributed by atoms with Gasteiger partial charge < -0.3 is 9.47 Å². The summed E-state index contributed by atoms with van der Waals surface area (Å²) in [5.74, 6) is 0.593. The van der Waals surface area contributed by atoms with Gasteiger partial charge in [-0.25, -0.2) is 0 Å². The fourth-order valence-electron chi connectivity index (χ4n) is 5.38. The molecular weight excluding hydrogens is 506 g/mol. The number of unbranched alkanes of at least 4 members (excludes halogenated alkanes) is 15. The lowest BCUT2D eigenvalue weighted by Crippen LogP contribution is -2.55. The van der Waals surface area contributed by atoms with E-state index in [1.807, 2.05) is 6.92 Å². The lowest BCUT2D eigenvalue weighted by Gasteiger charge is -2.41. The van der Waals surface area contributed by atoms with Gasteiger partial charge in [0.2, 0.25) is 6.23 Å². The third-order valence-corrected chi connectivity index (χ3v) is 8.74. The Morgan fingerprint density at radius 3 is 2.05 bits per heavy atom. The topological polar surface area (TPSA) is 61.3 Å². The van der Waals surface area contributed by atoms with E-state index in [0.29, 0.717) is 23.4 Å². The van der Waals surface area contributed by atoms with Crippen molar-refractivity contribution < 1.29 is 18.8 Å². The molecule has 224 valence electrons. The van der Waals surface area contributed by atoms with Gasteiger partial charge >= 0.3 is 5.97 Å². The minimum Gasteiger partial charge on any atom is -0.475 e. The van der Waals surface area contributed by atoms with Crippen LogP contribution in [0.5, 0.6) is 5.88 Å². The minimum atomic E-state index is -0.187. The Bertz CT molecular complexity index is 812. The fourth-order valence-corrected chi connectivity index (χ4v) is 5.91. The van der Waals surface area contributed by atoms with Crippen molar-refractivity contribution in [1.29, 1.82) is 0 Å². The number of rotatable bonds is 23. The van der Waals surface area contributed by atoms with E-state index < -0.39 is 0 Å². The van der Waals surface area contributed by atoms with Gasteiger partial charge in [-0.1, -0.05) is 116 Å². The molecule has 0 radical (unpaired) electrons. The molecule has 1 aliphatic heterocycles. The zero-order valence-corrected chi connectivity index (χ0v) is 26.5. The summed E-state index contributed by atoms with van der Waals surface area (Å²) in [5.41, 5.74) is 2.02. The van der Waals surface area contributed by atoms with Gasteiger partial charge in [0.05, 0.1) is 31.9 Å². The smallest absolute Gasteiger partial charge is 0.310 e. The van der Waals surface area contributed by atoms with Crippen molar-refractivity contribution in [2.75, 3.05) is 26.7 Å². The van der Waals surface area contributed by atoms with Gasteiger partial charge in [0.25, 0.3) is 5.88 Å². The first-order chi connectivity index (χ1) is 19.0. The zero-order valence-electron chi connectivity index (χ0n) is 25.7. The number of ether oxygens (including phenoxy) is 2. The molecule has 1 aromatic rings. The van der Waals surface area contributed by atoms with Crippen molar-refractivity contribution in [3.05, 3.63) is 11.8 Å². The van der Waals surface area contributed by atoms with Crippen molar-refractivity contribution in [3.63, 3.8) is 0 Å². The second kappa shape index (κ2) is 20.4. The Morgan fingerprint density at radius 1 is 0.872 bits per heavy atom. The fraction of sp³-hybridized carbons (Fsp3) is 0.844. The molecule has 39 heavy (non-hydrogen) atoms. The molecule has 1 aliphatic rings. The molecule has 0 amide bonds. The Labute approximate surface area is 243 Å². The molecule has 0 saturated heterocycles. The molecule has 2 atom stereocenters. The standard InChI is InChI=1S/C32H58N3O3S/c1-5-7-9-11-12-13-14-15-16-17-18-19-20-24-30(36)38-28(3)35(4)25-22-23-29(27-35)31-32(34-39-33-31)37-26-21-10-8-6-2/h23,28H,5-22,24-27H2,1-4H3/q+1. The van der Waals surface area contributed by atoms with Crippen molar-refractivity contribution in [2.24, 2.45) is 0 Å². The summed E-state index contributed by atoms with van der Waals surface area (Å²) in [4.78, 5) is 12.6. The van der Waals surface area contributed by atoms with Crippen LogP contribution in [0.3, 0.4) is 0 Å². The Hall–Kier alpha value is -1.47. The summed E-state index contributed by atoms with van der Waals surface area (Å²) >= 11 is 1.21. The van der Waals surface area contributed by atoms with Gasteiger partial charge in [0.15, 0.2) is 0 Å². The monoisotopic (exact) mass is 564 g/mol. The van der Waals surface area contributed by atoms with Crippen molar-refractivity contribution in [1.82, 2.24) is 8.75 Å². The molecule has 0 spiro atoms. The van der Waals surface area contributed by atoms with Crippen molar-refractivity contribution in [2.45, 2.75) is 149 Å². The summed E-state index contributed by atoms with van der Waals surface area (Å²) < 4.78 is 21.6. The van der Waals surface area contributed by atoms with Crippen LogP contribution in [0.25, 0.3) is 5.57 Å². The van der Waals surface area contributed by atoms with Gasteiger partial charge in [0.1, 0.15) is 12.2 Å². The van der Waals surface area contributed by atoms with Crippen molar-refractivity contribution in [3.8, 4) is 5.88 Å². The number of carbonyl (C=O) groups is 1. The first kappa shape index (κ1) is 33.7. The molecule has 0 N–H and O–H groups in total. The number of hydrogen-bond donors (Lipinski definition) is 0. The Balaban J connectivity index is 1.61. The van der Waals surface area contributed by atoms with Crippen LogP contribution in [0.2, 0.25) is 0 Å². The molecular formula is C32H58N3O3S+. The second-order valence-corrected chi connectivity index (χ2v) is 12.3. The maximum Gasteiger partial charge on any atom is 0.310 e. The lowest BCUT2D eigenvalue weighted by molar-refractivity contribution is -0.944. The third-order valence-electron chi connectivity index (χ3n) is 8.23. The van der Waals surface area contributed by atoms with E-state index >= 15 is 0 Å². The maximum atomic E-state index is 12.6. The van der Waals surface area contributed by atoms with E-state index in [9.17, 15) is 4.79 Å². The largest absolute Gasteiger partial charge is 0.475 e. The van der Waals surface area contributed by atoms with E-state index in [4.69, 9.17) is 9.47 Å². The minimum absolute atomic E-state index is 0.0625. The van der Waals surface area contributed by atoms with E-state index in [1.165, 1.54) is 102 Å². The van der Waals surface area contributed by atoms with Crippen LogP contribution in [0.4, 0.5) is 0 Å². The molecule has 1 aromatic heterocycles. The van der Waals surface area contributed by atoms with E-state index in [1.54, 1.807) is 0 Å². The van der Waals surface area contributed by atoms with E-state index in [0.717, 1.165) is 50.0 Å². The molecule has 2 rings (SSSR count). The van der Waals surface area contributed by atoms with Crippen molar-refractivity contribution >= 4 is 23.3 Å². The summed E-state index contributed by atoms with van der Waals surface area (Å²) in [6.45, 7) is 8.93. The van der Waals surface area contributed by atoms with Gasteiger partial charge in [-0.2, -0.15) is 4.37 Å². The number of carbonyl (C=O) groups excluding carboxylic acids is 1. The molecule has 0 saturated carbocycles. The number of nitrogens with zero attached hydrogens (tertiary/aromatic N) is 3. The maximum absolute atomic E-state index is 12.6. The van der Waals surface area contributed by atoms with Crippen LogP contribution in [0.1, 0.15) is 148 Å². The molecule has 0 bridgehead atoms. The quantitative estimate of drug-likeness (QED) is 0.0753. The number of likely N-dealkylation sites (N-methyl/N-ethyl adjacent to an activating group) is 1. The first-order valence-corrected chi connectivity index (χ1v) is 16.9. The lowest BCUT2D eigenvalue weighted by atomic mass is 10.0. The van der Waals surface area contributed by atoms with Gasteiger partial charge in [-0.3, -0.25) is 9.28 Å². The first-order valence-electron chi connectivity index (χ1n) is 16.2. The van der Waals surface area contributed by atoms with Gasteiger partial charge in [-0.05, 0) is 12.8 Å². The average Bonchev–Trinajstić information content (AvgIpc) is 3.40. The Kier molecular flexibility index (Phi) is 17.7. The van der Waals surface area contributed by atoms with Gasteiger partial charge in [0, 0.05) is 25.3 Å². The van der Waals surface area contributed by atoms with Crippen LogP contribution in [-0.4, -0.2) is 52.2 Å². The Morgan fingerprint density at radius 2 is 1.44 bits per heavy atom. The molecule has 2 unspecified atom stereocenters. The average molecular weight is 565 g/mol.